The molecule has 3 rings (SSSR count). The van der Waals surface area contributed by atoms with E-state index in [9.17, 15) is 4.79 Å². The Labute approximate surface area is 109 Å². The van der Waals surface area contributed by atoms with Crippen LogP contribution in [0.1, 0.15) is 38.5 Å². The zero-order chi connectivity index (χ0) is 12.6. The first-order valence-electron chi connectivity index (χ1n) is 7.32. The highest BCUT2D eigenvalue weighted by molar-refractivity contribution is 5.76. The van der Waals surface area contributed by atoms with Gasteiger partial charge in [-0.3, -0.25) is 4.79 Å². The molecule has 2 N–H and O–H groups in total. The van der Waals surface area contributed by atoms with Gasteiger partial charge in [-0.1, -0.05) is 0 Å². The molecule has 2 heterocycles. The summed E-state index contributed by atoms with van der Waals surface area (Å²) in [7, 11) is 0. The maximum absolute atomic E-state index is 11.1. The molecule has 1 saturated carbocycles. The fraction of sp³-hybridized carbons (Fsp3) is 0.929. The van der Waals surface area contributed by atoms with Crippen LogP contribution >= 0.6 is 0 Å². The van der Waals surface area contributed by atoms with Crippen LogP contribution in [0.4, 0.5) is 0 Å². The van der Waals surface area contributed by atoms with Crippen LogP contribution in [0.3, 0.4) is 0 Å². The Morgan fingerprint density at radius 1 is 1.22 bits per heavy atom. The molecule has 2 saturated heterocycles. The zero-order valence-corrected chi connectivity index (χ0v) is 11.1. The van der Waals surface area contributed by atoms with E-state index >= 15 is 0 Å². The average Bonchev–Trinajstić information content (AvgIpc) is 3.13. The van der Waals surface area contributed by atoms with Crippen molar-refractivity contribution < 1.29 is 9.53 Å². The number of carbonyl (C=O) groups excluding carboxylic acids is 1. The molecular formula is C14H24N2O2. The van der Waals surface area contributed by atoms with Crippen molar-refractivity contribution in [3.05, 3.63) is 0 Å². The number of likely N-dealkylation sites (tertiary alicyclic amines) is 1. The lowest BCUT2D eigenvalue weighted by molar-refractivity contribution is -0.123. The standard InChI is InChI=1S/C14H24N2O2/c15-13(17)12-3-7-16(8-4-12)9-11-1-5-14(6-2-11)10-18-14/h11-12H,1-10H2,(H2,15,17). The van der Waals surface area contributed by atoms with Gasteiger partial charge in [-0.15, -0.1) is 0 Å². The summed E-state index contributed by atoms with van der Waals surface area (Å²) < 4.78 is 5.55. The Bertz CT molecular complexity index is 310. The Balaban J connectivity index is 1.40. The van der Waals surface area contributed by atoms with Crippen LogP contribution in [0.15, 0.2) is 0 Å². The monoisotopic (exact) mass is 252 g/mol. The van der Waals surface area contributed by atoms with Crippen molar-refractivity contribution in [2.24, 2.45) is 17.6 Å². The predicted octanol–water partition coefficient (Wildman–Crippen LogP) is 1.14. The third-order valence-electron chi connectivity index (χ3n) is 5.08. The summed E-state index contributed by atoms with van der Waals surface area (Å²) in [6, 6.07) is 0. The van der Waals surface area contributed by atoms with E-state index in [1.807, 2.05) is 0 Å². The summed E-state index contributed by atoms with van der Waals surface area (Å²) >= 11 is 0. The SMILES string of the molecule is NC(=O)C1CCN(CC2CCC3(CC2)CO3)CC1. The molecule has 3 aliphatic rings. The molecule has 0 aromatic heterocycles. The number of epoxide rings is 1. The van der Waals surface area contributed by atoms with E-state index < -0.39 is 0 Å². The van der Waals surface area contributed by atoms with Gasteiger partial charge in [-0.25, -0.2) is 0 Å². The second-order valence-electron chi connectivity index (χ2n) is 6.39. The number of hydrogen-bond donors (Lipinski definition) is 1. The molecule has 4 heteroatoms. The molecule has 2 aliphatic heterocycles. The van der Waals surface area contributed by atoms with Gasteiger partial charge in [0.2, 0.25) is 5.91 Å². The number of nitrogens with two attached hydrogens (primary N) is 1. The number of primary amides is 1. The van der Waals surface area contributed by atoms with Gasteiger partial charge in [-0.2, -0.15) is 0 Å². The normalized spacial score (nSPS) is 37.9. The molecule has 4 nitrogen and oxygen atoms in total. The minimum absolute atomic E-state index is 0.111. The van der Waals surface area contributed by atoms with Gasteiger partial charge >= 0.3 is 0 Å². The first-order valence-corrected chi connectivity index (χ1v) is 7.32. The molecule has 0 unspecified atom stereocenters. The third-order valence-corrected chi connectivity index (χ3v) is 5.08. The van der Waals surface area contributed by atoms with Crippen molar-refractivity contribution in [2.75, 3.05) is 26.2 Å². The Morgan fingerprint density at radius 3 is 2.33 bits per heavy atom. The van der Waals surface area contributed by atoms with Gasteiger partial charge in [0.25, 0.3) is 0 Å². The number of ether oxygens (including phenoxy) is 1. The smallest absolute Gasteiger partial charge is 0.220 e. The quantitative estimate of drug-likeness (QED) is 0.766. The molecule has 1 amide bonds. The van der Waals surface area contributed by atoms with Crippen LogP contribution in [0.2, 0.25) is 0 Å². The number of piperidine rings is 1. The molecule has 1 spiro atoms. The minimum Gasteiger partial charge on any atom is -0.370 e. The fourth-order valence-electron chi connectivity index (χ4n) is 3.54. The van der Waals surface area contributed by atoms with E-state index in [0.717, 1.165) is 38.5 Å². The largest absolute Gasteiger partial charge is 0.370 e. The van der Waals surface area contributed by atoms with Gasteiger partial charge in [0.1, 0.15) is 0 Å². The van der Waals surface area contributed by atoms with E-state index in [4.69, 9.17) is 10.5 Å². The predicted molar refractivity (Wildman–Crippen MR) is 69.0 cm³/mol. The van der Waals surface area contributed by atoms with Crippen molar-refractivity contribution in [3.8, 4) is 0 Å². The zero-order valence-electron chi connectivity index (χ0n) is 11.1. The first-order chi connectivity index (χ1) is 8.67. The molecule has 3 fully saturated rings. The summed E-state index contributed by atoms with van der Waals surface area (Å²) in [5.41, 5.74) is 5.68. The van der Waals surface area contributed by atoms with Crippen LogP contribution in [-0.2, 0) is 9.53 Å². The number of carbonyl (C=O) groups is 1. The lowest BCUT2D eigenvalue weighted by atomic mass is 9.81. The highest BCUT2D eigenvalue weighted by atomic mass is 16.6. The van der Waals surface area contributed by atoms with Crippen LogP contribution in [-0.4, -0.2) is 42.6 Å². The highest BCUT2D eigenvalue weighted by Crippen LogP contribution is 2.43. The van der Waals surface area contributed by atoms with Gasteiger partial charge in [0.05, 0.1) is 12.2 Å². The fourth-order valence-corrected chi connectivity index (χ4v) is 3.54. The molecular weight excluding hydrogens is 228 g/mol. The molecule has 0 aromatic rings. The number of hydrogen-bond acceptors (Lipinski definition) is 3. The summed E-state index contributed by atoms with van der Waals surface area (Å²) in [4.78, 5) is 13.6. The van der Waals surface area contributed by atoms with Crippen LogP contribution in [0.5, 0.6) is 0 Å². The third kappa shape index (κ3) is 2.69. The molecule has 0 aromatic carbocycles. The van der Waals surface area contributed by atoms with E-state index in [1.165, 1.54) is 32.2 Å². The number of nitrogens with zero attached hydrogens (tertiary/aromatic N) is 1. The molecule has 18 heavy (non-hydrogen) atoms. The maximum Gasteiger partial charge on any atom is 0.220 e. The van der Waals surface area contributed by atoms with E-state index in [0.29, 0.717) is 5.60 Å². The molecule has 102 valence electrons. The Kier molecular flexibility index (Phi) is 3.32. The summed E-state index contributed by atoms with van der Waals surface area (Å²) in [5.74, 6) is 0.848. The Morgan fingerprint density at radius 2 is 1.83 bits per heavy atom. The Hall–Kier alpha value is -0.610. The highest BCUT2D eigenvalue weighted by Gasteiger charge is 2.46. The van der Waals surface area contributed by atoms with Crippen LogP contribution in [0, 0.1) is 11.8 Å². The molecule has 0 atom stereocenters. The van der Waals surface area contributed by atoms with Gasteiger partial charge < -0.3 is 15.4 Å². The average molecular weight is 252 g/mol. The summed E-state index contributed by atoms with van der Waals surface area (Å²) in [6.45, 7) is 4.31. The van der Waals surface area contributed by atoms with Gasteiger partial charge in [0.15, 0.2) is 0 Å². The van der Waals surface area contributed by atoms with Crippen molar-refractivity contribution in [2.45, 2.75) is 44.1 Å². The van der Waals surface area contributed by atoms with Crippen molar-refractivity contribution in [1.82, 2.24) is 4.90 Å². The van der Waals surface area contributed by atoms with E-state index in [2.05, 4.69) is 4.90 Å². The summed E-state index contributed by atoms with van der Waals surface area (Å²) in [6.07, 6.45) is 7.06. The molecule has 1 aliphatic carbocycles. The van der Waals surface area contributed by atoms with Gasteiger partial charge in [-0.05, 0) is 57.5 Å². The summed E-state index contributed by atoms with van der Waals surface area (Å²) in [5, 5.41) is 0. The topological polar surface area (TPSA) is 58.9 Å². The van der Waals surface area contributed by atoms with Crippen molar-refractivity contribution in [3.63, 3.8) is 0 Å². The lowest BCUT2D eigenvalue weighted by Crippen LogP contribution is -2.41. The number of rotatable bonds is 3. The van der Waals surface area contributed by atoms with Crippen LogP contribution < -0.4 is 5.73 Å². The van der Waals surface area contributed by atoms with Crippen molar-refractivity contribution >= 4 is 5.91 Å². The maximum atomic E-state index is 11.1. The van der Waals surface area contributed by atoms with E-state index in [1.54, 1.807) is 0 Å². The van der Waals surface area contributed by atoms with Gasteiger partial charge in [0, 0.05) is 12.5 Å². The van der Waals surface area contributed by atoms with Crippen molar-refractivity contribution in [1.29, 1.82) is 0 Å². The second kappa shape index (κ2) is 4.82. The van der Waals surface area contributed by atoms with Crippen LogP contribution in [0.25, 0.3) is 0 Å². The second-order valence-corrected chi connectivity index (χ2v) is 6.39. The van der Waals surface area contributed by atoms with E-state index in [-0.39, 0.29) is 11.8 Å². The molecule has 0 radical (unpaired) electrons. The first kappa shape index (κ1) is 12.4. The minimum atomic E-state index is -0.111. The lowest BCUT2D eigenvalue weighted by Gasteiger charge is -2.35. The number of amides is 1. The molecule has 0 bridgehead atoms.